The number of ether oxygens (including phenoxy) is 1. The highest BCUT2D eigenvalue weighted by atomic mass is 35.5. The van der Waals surface area contributed by atoms with Gasteiger partial charge in [0.1, 0.15) is 4.90 Å². The summed E-state index contributed by atoms with van der Waals surface area (Å²) in [7, 11) is -1.22. The molecule has 0 aliphatic heterocycles. The van der Waals surface area contributed by atoms with Crippen molar-refractivity contribution in [3.05, 3.63) is 44.2 Å². The first-order valence-electron chi connectivity index (χ1n) is 7.74. The van der Waals surface area contributed by atoms with E-state index in [0.29, 0.717) is 4.80 Å². The number of thiazole rings is 1. The fourth-order valence-corrected chi connectivity index (χ4v) is 5.30. The molecule has 1 heterocycles. The second-order valence-electron chi connectivity index (χ2n) is 6.81. The first-order valence-corrected chi connectivity index (χ1v) is 10.4. The fraction of sp³-hybridized carbons (Fsp3) is 0.412. The predicted molar refractivity (Wildman–Crippen MR) is 102 cm³/mol. The number of sulfonamides is 1. The van der Waals surface area contributed by atoms with Crippen LogP contribution in [0, 0.1) is 6.92 Å². The van der Waals surface area contributed by atoms with E-state index in [1.807, 2.05) is 6.92 Å². The van der Waals surface area contributed by atoms with E-state index in [0.717, 1.165) is 10.6 Å². The van der Waals surface area contributed by atoms with Crippen LogP contribution in [0.15, 0.2) is 27.5 Å². The Morgan fingerprint density at radius 1 is 1.31 bits per heavy atom. The number of aromatic nitrogens is 1. The molecule has 142 valence electrons. The zero-order chi connectivity index (χ0) is 19.9. The number of hydrogen-bond donors (Lipinski definition) is 0. The van der Waals surface area contributed by atoms with Crippen molar-refractivity contribution in [2.24, 2.45) is 11.4 Å². The third-order valence-corrected chi connectivity index (χ3v) is 7.14. The number of halogens is 1. The first kappa shape index (κ1) is 20.7. The third kappa shape index (κ3) is 4.02. The van der Waals surface area contributed by atoms with Crippen molar-refractivity contribution in [2.45, 2.75) is 38.0 Å². The van der Waals surface area contributed by atoms with Crippen LogP contribution in [0.2, 0.25) is 5.02 Å². The van der Waals surface area contributed by atoms with Crippen molar-refractivity contribution in [3.63, 3.8) is 0 Å². The van der Waals surface area contributed by atoms with Gasteiger partial charge in [-0.15, -0.1) is 15.7 Å². The predicted octanol–water partition coefficient (Wildman–Crippen LogP) is 3.42. The molecule has 0 saturated heterocycles. The lowest BCUT2D eigenvalue weighted by Gasteiger charge is -2.17. The molecule has 0 amide bonds. The van der Waals surface area contributed by atoms with E-state index in [4.69, 9.17) is 11.6 Å². The van der Waals surface area contributed by atoms with Crippen molar-refractivity contribution in [1.82, 2.24) is 4.57 Å². The molecule has 1 aromatic heterocycles. The molecule has 6 nitrogen and oxygen atoms in total. The summed E-state index contributed by atoms with van der Waals surface area (Å²) in [4.78, 5) is 13.0. The van der Waals surface area contributed by atoms with Crippen molar-refractivity contribution in [1.29, 1.82) is 0 Å². The van der Waals surface area contributed by atoms with Gasteiger partial charge in [0.25, 0.3) is 10.0 Å². The molecule has 26 heavy (non-hydrogen) atoms. The lowest BCUT2D eigenvalue weighted by molar-refractivity contribution is 0.0596. The number of carbonyl (C=O) groups excluding carboxylic acids is 1. The number of esters is 1. The Hall–Kier alpha value is -1.64. The van der Waals surface area contributed by atoms with E-state index in [9.17, 15) is 13.2 Å². The average molecular weight is 417 g/mol. The van der Waals surface area contributed by atoms with Gasteiger partial charge in [0.05, 0.1) is 12.7 Å². The van der Waals surface area contributed by atoms with Gasteiger partial charge in [-0.2, -0.15) is 8.42 Å². The van der Waals surface area contributed by atoms with Gasteiger partial charge >= 0.3 is 5.97 Å². The van der Waals surface area contributed by atoms with E-state index in [2.05, 4.69) is 29.9 Å². The van der Waals surface area contributed by atoms with Crippen LogP contribution in [-0.2, 0) is 27.2 Å². The quantitative estimate of drug-likeness (QED) is 0.718. The second-order valence-corrected chi connectivity index (χ2v) is 9.79. The van der Waals surface area contributed by atoms with Crippen LogP contribution in [0.3, 0.4) is 0 Å². The maximum absolute atomic E-state index is 12.9. The van der Waals surface area contributed by atoms with Crippen LogP contribution in [0.5, 0.6) is 0 Å². The molecule has 0 unspecified atom stereocenters. The molecule has 0 bridgehead atoms. The van der Waals surface area contributed by atoms with Gasteiger partial charge in [0.15, 0.2) is 0 Å². The molecular formula is C17H21ClN2O4S2. The van der Waals surface area contributed by atoms with Gasteiger partial charge in [-0.3, -0.25) is 0 Å². The van der Waals surface area contributed by atoms with Gasteiger partial charge in [-0.1, -0.05) is 32.4 Å². The van der Waals surface area contributed by atoms with Gasteiger partial charge in [0.2, 0.25) is 4.80 Å². The van der Waals surface area contributed by atoms with Crippen molar-refractivity contribution >= 4 is 38.9 Å². The summed E-state index contributed by atoms with van der Waals surface area (Å²) in [6.07, 6.45) is 0. The van der Waals surface area contributed by atoms with Crippen molar-refractivity contribution < 1.29 is 17.9 Å². The normalized spacial score (nSPS) is 13.1. The number of rotatable bonds is 3. The maximum Gasteiger partial charge on any atom is 0.339 e. The Balaban J connectivity index is 2.73. The zero-order valence-electron chi connectivity index (χ0n) is 15.5. The number of methoxy groups -OCH3 is 1. The Bertz CT molecular complexity index is 1030. The summed E-state index contributed by atoms with van der Waals surface area (Å²) in [6, 6.07) is 3.95. The summed E-state index contributed by atoms with van der Waals surface area (Å²) in [6.45, 7) is 8.07. The first-order chi connectivity index (χ1) is 11.9. The number of benzene rings is 1. The molecule has 0 aliphatic rings. The topological polar surface area (TPSA) is 77.7 Å². The summed E-state index contributed by atoms with van der Waals surface area (Å²) < 4.78 is 36.1. The number of hydrogen-bond acceptors (Lipinski definition) is 5. The summed E-state index contributed by atoms with van der Waals surface area (Å²) in [5.74, 6) is -0.766. The summed E-state index contributed by atoms with van der Waals surface area (Å²) in [5.41, 5.74) is 0.695. The third-order valence-electron chi connectivity index (χ3n) is 3.82. The molecular weight excluding hydrogens is 396 g/mol. The van der Waals surface area contributed by atoms with E-state index < -0.39 is 16.0 Å². The monoisotopic (exact) mass is 416 g/mol. The molecule has 0 N–H and O–H groups in total. The molecule has 9 heteroatoms. The Labute approximate surface area is 162 Å². The molecule has 2 rings (SSSR count). The molecule has 0 aliphatic carbocycles. The van der Waals surface area contributed by atoms with Gasteiger partial charge < -0.3 is 9.30 Å². The van der Waals surface area contributed by atoms with E-state index >= 15 is 0 Å². The fourth-order valence-electron chi connectivity index (χ4n) is 2.45. The lowest BCUT2D eigenvalue weighted by Crippen LogP contribution is -2.17. The van der Waals surface area contributed by atoms with Crippen LogP contribution in [-0.4, -0.2) is 26.1 Å². The Morgan fingerprint density at radius 2 is 1.92 bits per heavy atom. The zero-order valence-corrected chi connectivity index (χ0v) is 17.8. The van der Waals surface area contributed by atoms with Crippen LogP contribution in [0.25, 0.3) is 0 Å². The highest BCUT2D eigenvalue weighted by Gasteiger charge is 2.25. The molecule has 0 atom stereocenters. The molecule has 0 fully saturated rings. The highest BCUT2D eigenvalue weighted by molar-refractivity contribution is 7.90. The molecule has 0 radical (unpaired) electrons. The minimum absolute atomic E-state index is 0.104. The highest BCUT2D eigenvalue weighted by Crippen LogP contribution is 2.28. The maximum atomic E-state index is 12.9. The molecule has 1 aromatic carbocycles. The van der Waals surface area contributed by atoms with Crippen molar-refractivity contribution in [3.8, 4) is 0 Å². The smallest absolute Gasteiger partial charge is 0.339 e. The van der Waals surface area contributed by atoms with Crippen molar-refractivity contribution in [2.75, 3.05) is 7.11 Å². The minimum Gasteiger partial charge on any atom is -0.465 e. The summed E-state index contributed by atoms with van der Waals surface area (Å²) >= 11 is 7.24. The van der Waals surface area contributed by atoms with Crippen LogP contribution in [0.1, 0.15) is 41.7 Å². The standard InChI is InChI=1S/C17H21ClN2O4S2/c1-10-14(17(2,3)4)25-16(20(10)5)19-26(22,23)13-9-11(18)7-8-12(13)15(21)24-6/h7-9H,1-6H3/b19-16+. The van der Waals surface area contributed by atoms with Crippen LogP contribution >= 0.6 is 22.9 Å². The van der Waals surface area contributed by atoms with E-state index in [1.54, 1.807) is 11.6 Å². The molecule has 0 saturated carbocycles. The minimum atomic E-state index is -4.16. The van der Waals surface area contributed by atoms with Gasteiger partial charge in [0, 0.05) is 22.6 Å². The summed E-state index contributed by atoms with van der Waals surface area (Å²) in [5, 5.41) is 0.188. The van der Waals surface area contributed by atoms with E-state index in [1.165, 1.54) is 36.6 Å². The Kier molecular flexibility index (Phi) is 5.70. The SMILES string of the molecule is COC(=O)c1ccc(Cl)cc1S(=O)(=O)/N=c1/sc(C(C)(C)C)c(C)n1C. The molecule has 0 spiro atoms. The molecule has 2 aromatic rings. The lowest BCUT2D eigenvalue weighted by atomic mass is 9.93. The van der Waals surface area contributed by atoms with Crippen LogP contribution < -0.4 is 4.80 Å². The van der Waals surface area contributed by atoms with Gasteiger partial charge in [-0.25, -0.2) is 4.79 Å². The second kappa shape index (κ2) is 7.17. The van der Waals surface area contributed by atoms with Crippen LogP contribution in [0.4, 0.5) is 0 Å². The van der Waals surface area contributed by atoms with E-state index in [-0.39, 0.29) is 20.9 Å². The average Bonchev–Trinajstić information content (AvgIpc) is 2.82. The Morgan fingerprint density at radius 3 is 2.42 bits per heavy atom. The number of carbonyl (C=O) groups is 1. The number of nitrogens with zero attached hydrogens (tertiary/aromatic N) is 2. The van der Waals surface area contributed by atoms with Gasteiger partial charge in [-0.05, 0) is 30.5 Å². The largest absolute Gasteiger partial charge is 0.465 e.